The van der Waals surface area contributed by atoms with Crippen molar-refractivity contribution in [3.8, 4) is 33.4 Å². The Morgan fingerprint density at radius 2 is 1.25 bits per heavy atom. The predicted octanol–water partition coefficient (Wildman–Crippen LogP) is 10.9. The van der Waals surface area contributed by atoms with Crippen LogP contribution < -0.4 is 15.6 Å². The molecule has 2 N–H and O–H groups in total. The van der Waals surface area contributed by atoms with Crippen LogP contribution in [-0.4, -0.2) is 49.2 Å². The number of benzene rings is 5. The van der Waals surface area contributed by atoms with Crippen molar-refractivity contribution in [3.63, 3.8) is 0 Å². The van der Waals surface area contributed by atoms with Crippen LogP contribution in [0.4, 0.5) is 5.69 Å². The largest absolute Gasteiger partial charge is 0.321 e. The molecular formula is C51H49N7Si3. The van der Waals surface area contributed by atoms with Gasteiger partial charge in [-0.1, -0.05) is 143 Å². The van der Waals surface area contributed by atoms with E-state index in [1.54, 1.807) is 0 Å². The lowest BCUT2D eigenvalue weighted by Gasteiger charge is -2.34. The van der Waals surface area contributed by atoms with E-state index in [9.17, 15) is 10.8 Å². The van der Waals surface area contributed by atoms with Crippen LogP contribution in [0.15, 0.2) is 170 Å². The molecule has 0 fully saturated rings. The highest BCUT2D eigenvalue weighted by Gasteiger charge is 2.36. The highest BCUT2D eigenvalue weighted by Crippen LogP contribution is 2.49. The molecular weight excluding hydrogens is 795 g/mol. The molecule has 300 valence electrons. The minimum absolute atomic E-state index is 0.0290. The molecule has 5 aromatic rings. The normalized spacial score (nSPS) is 18.4. The first-order valence-electron chi connectivity index (χ1n) is 20.8. The highest BCUT2D eigenvalue weighted by atomic mass is 28.3. The molecule has 5 aromatic carbocycles. The molecule has 0 saturated heterocycles. The molecule has 1 heterocycles. The predicted molar refractivity (Wildman–Crippen MR) is 262 cm³/mol. The summed E-state index contributed by atoms with van der Waals surface area (Å²) in [5.74, 6) is 0. The summed E-state index contributed by atoms with van der Waals surface area (Å²) in [4.78, 5) is 2.10. The van der Waals surface area contributed by atoms with E-state index in [1.807, 2.05) is 54.6 Å². The number of hydrogen-bond donors (Lipinski definition) is 2. The van der Waals surface area contributed by atoms with Crippen LogP contribution in [0.2, 0.25) is 39.3 Å². The lowest BCUT2D eigenvalue weighted by atomic mass is 9.82. The molecule has 10 heteroatoms. The van der Waals surface area contributed by atoms with Gasteiger partial charge in [-0.3, -0.25) is 20.1 Å². The van der Waals surface area contributed by atoms with Gasteiger partial charge in [0.15, 0.2) is 17.9 Å². The quantitative estimate of drug-likeness (QED) is 0.118. The van der Waals surface area contributed by atoms with Crippen molar-refractivity contribution in [2.75, 3.05) is 4.90 Å². The summed E-state index contributed by atoms with van der Waals surface area (Å²) in [5.41, 5.74) is 15.7. The Labute approximate surface area is 363 Å². The van der Waals surface area contributed by atoms with Crippen LogP contribution in [0.5, 0.6) is 0 Å². The second kappa shape index (κ2) is 15.4. The first-order chi connectivity index (χ1) is 29.2. The average Bonchev–Trinajstić information content (AvgIpc) is 3.69. The van der Waals surface area contributed by atoms with Crippen LogP contribution >= 0.6 is 0 Å². The number of allylic oxidation sites excluding steroid dienone is 8. The highest BCUT2D eigenvalue weighted by molar-refractivity contribution is 6.74. The van der Waals surface area contributed by atoms with Gasteiger partial charge in [-0.2, -0.15) is 0 Å². The van der Waals surface area contributed by atoms with E-state index in [0.717, 1.165) is 49.9 Å². The van der Waals surface area contributed by atoms with Crippen molar-refractivity contribution in [1.29, 1.82) is 10.8 Å². The Morgan fingerprint density at radius 3 is 1.98 bits per heavy atom. The molecule has 4 aliphatic rings. The van der Waals surface area contributed by atoms with Gasteiger partial charge < -0.3 is 14.2 Å². The van der Waals surface area contributed by atoms with Gasteiger partial charge in [0, 0.05) is 16.6 Å². The third-order valence-electron chi connectivity index (χ3n) is 11.7. The van der Waals surface area contributed by atoms with Crippen LogP contribution in [0.1, 0.15) is 30.5 Å². The summed E-state index contributed by atoms with van der Waals surface area (Å²) < 4.78 is 21.0. The molecule has 0 unspecified atom stereocenters. The molecule has 2 radical (unpaired) electrons. The number of rotatable bonds is 8. The minimum Gasteiger partial charge on any atom is -0.321 e. The average molecular weight is 844 g/mol. The van der Waals surface area contributed by atoms with Gasteiger partial charge in [-0.15, -0.1) is 0 Å². The third-order valence-corrected chi connectivity index (χ3v) is 14.6. The van der Waals surface area contributed by atoms with Gasteiger partial charge in [0.1, 0.15) is 5.71 Å². The topological polar surface area (TPSA) is 100 Å². The summed E-state index contributed by atoms with van der Waals surface area (Å²) in [5, 5.41) is 20.9. The summed E-state index contributed by atoms with van der Waals surface area (Å²) in [7, 11) is -4.67. The summed E-state index contributed by atoms with van der Waals surface area (Å²) in [6, 6.07) is 38.9. The van der Waals surface area contributed by atoms with Crippen molar-refractivity contribution < 1.29 is 0 Å². The van der Waals surface area contributed by atoms with E-state index < -0.39 is 26.3 Å². The van der Waals surface area contributed by atoms with Crippen LogP contribution in [0, 0.1) is 10.8 Å². The Kier molecular flexibility index (Phi) is 10.1. The SMILES string of the molecule is C[Si](C)/N=C1/C=CC=C(N(C2=CC=C(c3ccccc3)C(=N)/C2=N\[Si](C)C)c2ccc(-c3ccc(-c4ccc5c(c4)-c4ccccc4C5(C)C)cc3)c3c2=N[Si](C)(C)N=3)C1=N. The molecule has 0 aromatic heterocycles. The molecule has 0 spiro atoms. The van der Waals surface area contributed by atoms with E-state index in [-0.39, 0.29) is 5.41 Å². The number of anilines is 1. The van der Waals surface area contributed by atoms with Crippen LogP contribution in [0.25, 0.3) is 39.0 Å². The molecule has 0 atom stereocenters. The summed E-state index contributed by atoms with van der Waals surface area (Å²) in [6.07, 6.45) is 9.97. The molecule has 3 aliphatic carbocycles. The maximum Gasteiger partial charge on any atom is 0.298 e. The second-order valence-electron chi connectivity index (χ2n) is 17.4. The maximum absolute atomic E-state index is 9.65. The molecule has 61 heavy (non-hydrogen) atoms. The fourth-order valence-electron chi connectivity index (χ4n) is 8.91. The lowest BCUT2D eigenvalue weighted by molar-refractivity contribution is 0.660. The van der Waals surface area contributed by atoms with Crippen molar-refractivity contribution in [3.05, 3.63) is 178 Å². The van der Waals surface area contributed by atoms with Crippen molar-refractivity contribution >= 4 is 60.4 Å². The van der Waals surface area contributed by atoms with Gasteiger partial charge in [-0.05, 0) is 94.0 Å². The van der Waals surface area contributed by atoms with Gasteiger partial charge >= 0.3 is 0 Å². The van der Waals surface area contributed by atoms with Gasteiger partial charge in [0.05, 0.1) is 44.9 Å². The van der Waals surface area contributed by atoms with Crippen molar-refractivity contribution in [2.45, 2.75) is 58.5 Å². The molecule has 0 bridgehead atoms. The summed E-state index contributed by atoms with van der Waals surface area (Å²) >= 11 is 0. The Bertz CT molecular complexity index is 3000. The zero-order valence-corrected chi connectivity index (χ0v) is 39.0. The number of fused-ring (bicyclic) bond motifs is 4. The fraction of sp³-hybridized carbons (Fsp3) is 0.176. The molecule has 0 saturated carbocycles. The van der Waals surface area contributed by atoms with Crippen molar-refractivity contribution in [1.82, 2.24) is 0 Å². The van der Waals surface area contributed by atoms with Gasteiger partial charge in [0.25, 0.3) is 8.40 Å². The Hall–Kier alpha value is -6.21. The zero-order chi connectivity index (χ0) is 42.8. The van der Waals surface area contributed by atoms with Gasteiger partial charge in [-0.25, -0.2) is 0 Å². The smallest absolute Gasteiger partial charge is 0.298 e. The van der Waals surface area contributed by atoms with E-state index in [4.69, 9.17) is 18.6 Å². The van der Waals surface area contributed by atoms with E-state index >= 15 is 0 Å². The van der Waals surface area contributed by atoms with Crippen LogP contribution in [-0.2, 0) is 5.41 Å². The minimum atomic E-state index is -2.45. The summed E-state index contributed by atoms with van der Waals surface area (Å²) in [6.45, 7) is 17.5. The molecule has 1 aliphatic heterocycles. The van der Waals surface area contributed by atoms with E-state index in [0.29, 0.717) is 28.5 Å². The molecule has 9 rings (SSSR count). The number of nitrogens with one attached hydrogen (secondary N) is 2. The fourth-order valence-corrected chi connectivity index (χ4v) is 11.8. The first kappa shape index (κ1) is 40.2. The third kappa shape index (κ3) is 7.18. The molecule has 0 amide bonds. The molecule has 7 nitrogen and oxygen atoms in total. The number of hydrogen-bond acceptors (Lipinski definition) is 7. The monoisotopic (exact) mass is 843 g/mol. The maximum atomic E-state index is 9.65. The Morgan fingerprint density at radius 1 is 0.590 bits per heavy atom. The standard InChI is InChI=1S/C51H49N7Si3/c1-51(2)40-18-13-12-17-38(40)39-31-35(25-28-41(39)51)32-21-23-34(24-22-32)37-27-30-45(50-48(37)56-61(7,8)57-50)58(43-20-14-19-42(47(43)53)54-59(3)4)44-29-26-36(33-15-10-9-11-16-33)46(52)49(44)55-60(5)6/h9-31,52-53H,1-8H3/b52-46?,53-47?,54-42-,55-49-. The van der Waals surface area contributed by atoms with E-state index in [2.05, 4.69) is 143 Å². The van der Waals surface area contributed by atoms with E-state index in [1.165, 1.54) is 27.8 Å². The van der Waals surface area contributed by atoms with Crippen molar-refractivity contribution in [2.24, 2.45) is 18.6 Å². The zero-order valence-electron chi connectivity index (χ0n) is 36.0. The first-order valence-corrected chi connectivity index (χ1v) is 28.6. The van der Waals surface area contributed by atoms with Crippen LogP contribution in [0.3, 0.4) is 0 Å². The second-order valence-corrected chi connectivity index (χ2v) is 25.1. The lowest BCUT2D eigenvalue weighted by Crippen LogP contribution is -2.42. The number of nitrogens with zero attached hydrogens (tertiary/aromatic N) is 5. The van der Waals surface area contributed by atoms with Gasteiger partial charge in [0.2, 0.25) is 0 Å². The Balaban J connectivity index is 1.18.